The molecular formula is C16H17NO4. The van der Waals surface area contributed by atoms with E-state index in [0.717, 1.165) is 11.3 Å². The van der Waals surface area contributed by atoms with Crippen LogP contribution in [0.2, 0.25) is 0 Å². The van der Waals surface area contributed by atoms with Crippen molar-refractivity contribution in [3.8, 4) is 5.75 Å². The van der Waals surface area contributed by atoms with Gasteiger partial charge in [-0.3, -0.25) is 9.59 Å². The first-order chi connectivity index (χ1) is 10.1. The normalized spacial score (nSPS) is 23.7. The number of hydrogen-bond donors (Lipinski definition) is 2. The van der Waals surface area contributed by atoms with E-state index in [9.17, 15) is 9.59 Å². The highest BCUT2D eigenvalue weighted by Crippen LogP contribution is 2.28. The summed E-state index contributed by atoms with van der Waals surface area (Å²) in [5.74, 6) is -0.505. The van der Waals surface area contributed by atoms with E-state index >= 15 is 0 Å². The fraction of sp³-hybridized carbons (Fsp3) is 0.375. The van der Waals surface area contributed by atoms with Crippen LogP contribution < -0.4 is 10.1 Å². The number of para-hydroxylation sites is 1. The SMILES string of the molecule is O=C(N[C@@H]1CC[C@H](C(=O)O)C1)C1=Cc2ccccc2OC1. The molecule has 2 atom stereocenters. The van der Waals surface area contributed by atoms with Crippen LogP contribution in [-0.2, 0) is 9.59 Å². The lowest BCUT2D eigenvalue weighted by Gasteiger charge is -2.19. The van der Waals surface area contributed by atoms with Gasteiger partial charge in [0.25, 0.3) is 5.91 Å². The number of benzene rings is 1. The van der Waals surface area contributed by atoms with E-state index < -0.39 is 5.97 Å². The third-order valence-corrected chi connectivity index (χ3v) is 4.04. The van der Waals surface area contributed by atoms with Crippen LogP contribution in [0.15, 0.2) is 29.8 Å². The Hall–Kier alpha value is -2.30. The Bertz CT molecular complexity index is 608. The number of carboxylic acid groups (broad SMARTS) is 1. The number of fused-ring (bicyclic) bond motifs is 1. The van der Waals surface area contributed by atoms with E-state index in [1.54, 1.807) is 0 Å². The molecule has 1 aliphatic heterocycles. The first kappa shape index (κ1) is 13.7. The Labute approximate surface area is 122 Å². The van der Waals surface area contributed by atoms with Crippen LogP contribution in [0.1, 0.15) is 24.8 Å². The molecule has 5 nitrogen and oxygen atoms in total. The molecule has 2 aliphatic rings. The van der Waals surface area contributed by atoms with Gasteiger partial charge in [-0.2, -0.15) is 0 Å². The summed E-state index contributed by atoms with van der Waals surface area (Å²) in [7, 11) is 0. The largest absolute Gasteiger partial charge is 0.488 e. The predicted molar refractivity (Wildman–Crippen MR) is 76.8 cm³/mol. The Morgan fingerprint density at radius 1 is 1.24 bits per heavy atom. The highest BCUT2D eigenvalue weighted by atomic mass is 16.5. The van der Waals surface area contributed by atoms with Crippen LogP contribution >= 0.6 is 0 Å². The van der Waals surface area contributed by atoms with E-state index in [4.69, 9.17) is 9.84 Å². The van der Waals surface area contributed by atoms with Crippen LogP contribution in [0, 0.1) is 5.92 Å². The summed E-state index contributed by atoms with van der Waals surface area (Å²) < 4.78 is 5.56. The average Bonchev–Trinajstić information content (AvgIpc) is 2.95. The number of nitrogens with one attached hydrogen (secondary N) is 1. The van der Waals surface area contributed by atoms with Gasteiger partial charge in [-0.05, 0) is 31.4 Å². The average molecular weight is 287 g/mol. The minimum absolute atomic E-state index is 0.0586. The molecule has 0 aromatic heterocycles. The highest BCUT2D eigenvalue weighted by Gasteiger charge is 2.31. The molecular weight excluding hydrogens is 270 g/mol. The van der Waals surface area contributed by atoms with Crippen LogP contribution in [0.5, 0.6) is 5.75 Å². The standard InChI is InChI=1S/C16H17NO4/c18-15(17-13-6-5-11(8-13)16(19)20)12-7-10-3-1-2-4-14(10)21-9-12/h1-4,7,11,13H,5-6,8-9H2,(H,17,18)(H,19,20)/t11-,13+/m0/s1. The quantitative estimate of drug-likeness (QED) is 0.889. The highest BCUT2D eigenvalue weighted by molar-refractivity contribution is 5.99. The molecule has 1 aliphatic carbocycles. The van der Waals surface area contributed by atoms with Gasteiger partial charge in [-0.15, -0.1) is 0 Å². The molecule has 1 saturated carbocycles. The predicted octanol–water partition coefficient (Wildman–Crippen LogP) is 1.83. The second-order valence-corrected chi connectivity index (χ2v) is 5.51. The fourth-order valence-electron chi connectivity index (χ4n) is 2.86. The van der Waals surface area contributed by atoms with Crippen molar-refractivity contribution in [2.45, 2.75) is 25.3 Å². The van der Waals surface area contributed by atoms with Crippen molar-refractivity contribution in [3.63, 3.8) is 0 Å². The molecule has 110 valence electrons. The number of aliphatic carboxylic acids is 1. The van der Waals surface area contributed by atoms with Gasteiger partial charge in [0.05, 0.1) is 11.5 Å². The van der Waals surface area contributed by atoms with Gasteiger partial charge in [0.15, 0.2) is 0 Å². The van der Waals surface area contributed by atoms with Crippen LogP contribution in [0.3, 0.4) is 0 Å². The maximum Gasteiger partial charge on any atom is 0.306 e. The number of amides is 1. The van der Waals surface area contributed by atoms with Gasteiger partial charge in [0, 0.05) is 11.6 Å². The fourth-order valence-corrected chi connectivity index (χ4v) is 2.86. The summed E-state index contributed by atoms with van der Waals surface area (Å²) in [5.41, 5.74) is 1.47. The number of carboxylic acids is 1. The monoisotopic (exact) mass is 287 g/mol. The first-order valence-corrected chi connectivity index (χ1v) is 7.09. The molecule has 2 N–H and O–H groups in total. The number of rotatable bonds is 3. The van der Waals surface area contributed by atoms with Crippen LogP contribution in [0.25, 0.3) is 6.08 Å². The Kier molecular flexibility index (Phi) is 3.64. The molecule has 21 heavy (non-hydrogen) atoms. The lowest BCUT2D eigenvalue weighted by Crippen LogP contribution is -2.36. The van der Waals surface area contributed by atoms with Crippen molar-refractivity contribution in [2.75, 3.05) is 6.61 Å². The summed E-state index contributed by atoms with van der Waals surface area (Å²) in [4.78, 5) is 23.2. The van der Waals surface area contributed by atoms with E-state index in [-0.39, 0.29) is 24.5 Å². The third kappa shape index (κ3) is 2.91. The summed E-state index contributed by atoms with van der Waals surface area (Å²) in [6, 6.07) is 7.50. The van der Waals surface area contributed by atoms with Gasteiger partial charge < -0.3 is 15.2 Å². The molecule has 0 radical (unpaired) electrons. The molecule has 5 heteroatoms. The number of ether oxygens (including phenoxy) is 1. The van der Waals surface area contributed by atoms with Crippen molar-refractivity contribution in [3.05, 3.63) is 35.4 Å². The minimum Gasteiger partial charge on any atom is -0.488 e. The summed E-state index contributed by atoms with van der Waals surface area (Å²) in [6.07, 6.45) is 3.68. The Morgan fingerprint density at radius 3 is 2.81 bits per heavy atom. The Morgan fingerprint density at radius 2 is 2.05 bits per heavy atom. The van der Waals surface area contributed by atoms with Crippen molar-refractivity contribution < 1.29 is 19.4 Å². The molecule has 1 heterocycles. The van der Waals surface area contributed by atoms with E-state index in [1.165, 1.54) is 0 Å². The molecule has 0 spiro atoms. The zero-order valence-corrected chi connectivity index (χ0v) is 11.5. The van der Waals surface area contributed by atoms with Crippen molar-refractivity contribution in [1.29, 1.82) is 0 Å². The van der Waals surface area contributed by atoms with Crippen molar-refractivity contribution in [1.82, 2.24) is 5.32 Å². The third-order valence-electron chi connectivity index (χ3n) is 4.04. The van der Waals surface area contributed by atoms with E-state index in [0.29, 0.717) is 24.8 Å². The second kappa shape index (κ2) is 5.60. The van der Waals surface area contributed by atoms with Crippen molar-refractivity contribution in [2.24, 2.45) is 5.92 Å². The van der Waals surface area contributed by atoms with Crippen molar-refractivity contribution >= 4 is 18.0 Å². The lowest BCUT2D eigenvalue weighted by molar-refractivity contribution is -0.141. The summed E-state index contributed by atoms with van der Waals surface area (Å²) in [6.45, 7) is 0.248. The van der Waals surface area contributed by atoms with Gasteiger partial charge in [-0.1, -0.05) is 18.2 Å². The van der Waals surface area contributed by atoms with Gasteiger partial charge in [0.1, 0.15) is 12.4 Å². The topological polar surface area (TPSA) is 75.6 Å². The van der Waals surface area contributed by atoms with Gasteiger partial charge in [-0.25, -0.2) is 0 Å². The molecule has 0 saturated heterocycles. The van der Waals surface area contributed by atoms with E-state index in [2.05, 4.69) is 5.32 Å². The number of hydrogen-bond acceptors (Lipinski definition) is 3. The van der Waals surface area contributed by atoms with Crippen LogP contribution in [-0.4, -0.2) is 29.6 Å². The van der Waals surface area contributed by atoms with Gasteiger partial charge in [0.2, 0.25) is 0 Å². The summed E-state index contributed by atoms with van der Waals surface area (Å²) in [5, 5.41) is 11.9. The first-order valence-electron chi connectivity index (χ1n) is 7.09. The zero-order chi connectivity index (χ0) is 14.8. The molecule has 0 unspecified atom stereocenters. The molecule has 0 bridgehead atoms. The number of carbonyl (C=O) groups excluding carboxylic acids is 1. The molecule has 1 fully saturated rings. The molecule has 3 rings (SSSR count). The lowest BCUT2D eigenvalue weighted by atomic mass is 10.1. The molecule has 1 aromatic carbocycles. The molecule has 1 aromatic rings. The second-order valence-electron chi connectivity index (χ2n) is 5.51. The number of carbonyl (C=O) groups is 2. The molecule has 1 amide bonds. The maximum atomic E-state index is 12.2. The smallest absolute Gasteiger partial charge is 0.306 e. The van der Waals surface area contributed by atoms with Crippen LogP contribution in [0.4, 0.5) is 0 Å². The minimum atomic E-state index is -0.777. The Balaban J connectivity index is 1.65. The zero-order valence-electron chi connectivity index (χ0n) is 11.5. The van der Waals surface area contributed by atoms with E-state index in [1.807, 2.05) is 30.3 Å². The summed E-state index contributed by atoms with van der Waals surface area (Å²) >= 11 is 0. The maximum absolute atomic E-state index is 12.2. The van der Waals surface area contributed by atoms with Gasteiger partial charge >= 0.3 is 5.97 Å².